The average molecular weight is 281 g/mol. The number of pyridine rings is 1. The molecule has 0 bridgehead atoms. The highest BCUT2D eigenvalue weighted by atomic mass is 19.1. The van der Waals surface area contributed by atoms with E-state index in [-0.39, 0.29) is 11.6 Å². The third-order valence-electron chi connectivity index (χ3n) is 3.38. The van der Waals surface area contributed by atoms with Gasteiger partial charge in [0.15, 0.2) is 0 Å². The van der Waals surface area contributed by atoms with Crippen molar-refractivity contribution in [3.63, 3.8) is 0 Å². The molecule has 1 heterocycles. The van der Waals surface area contributed by atoms with Gasteiger partial charge in [0.1, 0.15) is 11.6 Å². The highest BCUT2D eigenvalue weighted by molar-refractivity contribution is 5.69. The van der Waals surface area contributed by atoms with Crippen LogP contribution in [0.2, 0.25) is 0 Å². The second-order valence-electron chi connectivity index (χ2n) is 4.84. The summed E-state index contributed by atoms with van der Waals surface area (Å²) in [6.45, 7) is 1.91. The van der Waals surface area contributed by atoms with Crippen LogP contribution in [-0.4, -0.2) is 4.98 Å². The molecule has 0 spiro atoms. The molecule has 0 N–H and O–H groups in total. The molecule has 0 aliphatic heterocycles. The fraction of sp³-hybridized carbons (Fsp3) is 0.0556. The lowest BCUT2D eigenvalue weighted by molar-refractivity contribution is 0.627. The number of benzene rings is 2. The van der Waals surface area contributed by atoms with Gasteiger partial charge in [0.25, 0.3) is 0 Å². The number of rotatable bonds is 2. The van der Waals surface area contributed by atoms with Crippen molar-refractivity contribution < 1.29 is 8.78 Å². The van der Waals surface area contributed by atoms with Gasteiger partial charge in [-0.25, -0.2) is 8.78 Å². The van der Waals surface area contributed by atoms with Crippen LogP contribution in [-0.2, 0) is 0 Å². The second-order valence-corrected chi connectivity index (χ2v) is 4.84. The van der Waals surface area contributed by atoms with Gasteiger partial charge in [-0.2, -0.15) is 0 Å². The lowest BCUT2D eigenvalue weighted by atomic mass is 10.0. The Labute approximate surface area is 121 Å². The van der Waals surface area contributed by atoms with Crippen LogP contribution in [0.25, 0.3) is 22.4 Å². The van der Waals surface area contributed by atoms with Crippen LogP contribution in [0.3, 0.4) is 0 Å². The first-order valence-corrected chi connectivity index (χ1v) is 6.63. The zero-order valence-corrected chi connectivity index (χ0v) is 11.5. The molecule has 1 nitrogen and oxygen atoms in total. The van der Waals surface area contributed by atoms with Crippen LogP contribution >= 0.6 is 0 Å². The van der Waals surface area contributed by atoms with E-state index in [2.05, 4.69) is 4.98 Å². The van der Waals surface area contributed by atoms with Crippen molar-refractivity contribution in [2.45, 2.75) is 6.92 Å². The van der Waals surface area contributed by atoms with Gasteiger partial charge < -0.3 is 0 Å². The maximum Gasteiger partial charge on any atom is 0.123 e. The number of halogens is 2. The first-order valence-electron chi connectivity index (χ1n) is 6.63. The van der Waals surface area contributed by atoms with E-state index in [1.807, 2.05) is 19.1 Å². The van der Waals surface area contributed by atoms with Crippen molar-refractivity contribution in [2.24, 2.45) is 0 Å². The lowest BCUT2D eigenvalue weighted by Gasteiger charge is -2.08. The third-order valence-corrected chi connectivity index (χ3v) is 3.38. The third kappa shape index (κ3) is 2.82. The molecule has 0 aliphatic carbocycles. The summed E-state index contributed by atoms with van der Waals surface area (Å²) < 4.78 is 25.9. The number of aryl methyl sites for hydroxylation is 1. The minimum absolute atomic E-state index is 0.257. The fourth-order valence-corrected chi connectivity index (χ4v) is 2.28. The first kappa shape index (κ1) is 13.4. The number of hydrogen-bond acceptors (Lipinski definition) is 1. The summed E-state index contributed by atoms with van der Waals surface area (Å²) in [6.07, 6.45) is 0. The van der Waals surface area contributed by atoms with E-state index >= 15 is 0 Å². The maximum atomic E-state index is 13.0. The van der Waals surface area contributed by atoms with Crippen molar-refractivity contribution in [3.8, 4) is 22.4 Å². The summed E-state index contributed by atoms with van der Waals surface area (Å²) in [7, 11) is 0. The molecule has 0 radical (unpaired) electrons. The minimum Gasteiger partial charge on any atom is -0.252 e. The number of aromatic nitrogens is 1. The molecule has 3 heteroatoms. The summed E-state index contributed by atoms with van der Waals surface area (Å²) in [5.74, 6) is -0.523. The topological polar surface area (TPSA) is 12.9 Å². The predicted octanol–water partition coefficient (Wildman–Crippen LogP) is 5.00. The normalized spacial score (nSPS) is 10.6. The monoisotopic (exact) mass is 281 g/mol. The van der Waals surface area contributed by atoms with Crippen molar-refractivity contribution in [1.82, 2.24) is 4.98 Å². The predicted molar refractivity (Wildman–Crippen MR) is 79.8 cm³/mol. The Morgan fingerprint density at radius 1 is 0.667 bits per heavy atom. The Bertz CT molecular complexity index is 762. The minimum atomic E-state index is -0.265. The van der Waals surface area contributed by atoms with Crippen LogP contribution in [0.4, 0.5) is 8.78 Å². The van der Waals surface area contributed by atoms with Crippen molar-refractivity contribution >= 4 is 0 Å². The van der Waals surface area contributed by atoms with Gasteiger partial charge in [0.05, 0.1) is 5.69 Å². The van der Waals surface area contributed by atoms with E-state index < -0.39 is 0 Å². The van der Waals surface area contributed by atoms with E-state index in [0.29, 0.717) is 0 Å². The smallest absolute Gasteiger partial charge is 0.123 e. The molecule has 2 aromatic carbocycles. The molecule has 0 fully saturated rings. The van der Waals surface area contributed by atoms with E-state index in [1.54, 1.807) is 24.3 Å². The van der Waals surface area contributed by atoms with Crippen molar-refractivity contribution in [2.75, 3.05) is 0 Å². The molecule has 0 atom stereocenters. The van der Waals surface area contributed by atoms with Gasteiger partial charge in [0, 0.05) is 16.8 Å². The molecule has 0 saturated carbocycles. The van der Waals surface area contributed by atoms with Gasteiger partial charge in [0.2, 0.25) is 0 Å². The van der Waals surface area contributed by atoms with E-state index in [1.165, 1.54) is 24.3 Å². The molecule has 3 rings (SSSR count). The first-order chi connectivity index (χ1) is 10.1. The Morgan fingerprint density at radius 2 is 1.19 bits per heavy atom. The average Bonchev–Trinajstić information content (AvgIpc) is 2.49. The van der Waals surface area contributed by atoms with Gasteiger partial charge in [-0.3, -0.25) is 4.98 Å². The SMILES string of the molecule is Cc1nc(-c2ccc(F)cc2)ccc1-c1ccc(F)cc1. The Kier molecular flexibility index (Phi) is 3.48. The van der Waals surface area contributed by atoms with Crippen molar-refractivity contribution in [3.05, 3.63) is 78.0 Å². The maximum absolute atomic E-state index is 13.0. The number of nitrogens with zero attached hydrogens (tertiary/aromatic N) is 1. The van der Waals surface area contributed by atoms with Crippen LogP contribution in [0.15, 0.2) is 60.7 Å². The standard InChI is InChI=1S/C18H13F2N/c1-12-17(13-2-6-15(19)7-3-13)10-11-18(21-12)14-4-8-16(20)9-5-14/h2-11H,1H3. The van der Waals surface area contributed by atoms with E-state index in [9.17, 15) is 8.78 Å². The second kappa shape index (κ2) is 5.44. The molecular formula is C18H13F2N. The van der Waals surface area contributed by atoms with E-state index in [0.717, 1.165) is 28.1 Å². The molecule has 3 aromatic rings. The summed E-state index contributed by atoms with van der Waals surface area (Å²) in [6, 6.07) is 16.4. The summed E-state index contributed by atoms with van der Waals surface area (Å²) >= 11 is 0. The van der Waals surface area contributed by atoms with Crippen LogP contribution < -0.4 is 0 Å². The zero-order valence-electron chi connectivity index (χ0n) is 11.5. The van der Waals surface area contributed by atoms with Crippen LogP contribution in [0, 0.1) is 18.6 Å². The fourth-order valence-electron chi connectivity index (χ4n) is 2.28. The van der Waals surface area contributed by atoms with Crippen LogP contribution in [0.5, 0.6) is 0 Å². The molecule has 1 aromatic heterocycles. The molecule has 0 aliphatic rings. The Balaban J connectivity index is 1.99. The molecule has 0 unspecified atom stereocenters. The molecule has 21 heavy (non-hydrogen) atoms. The molecular weight excluding hydrogens is 268 g/mol. The summed E-state index contributed by atoms with van der Waals surface area (Å²) in [4.78, 5) is 4.56. The summed E-state index contributed by atoms with van der Waals surface area (Å²) in [5.41, 5.74) is 4.39. The quantitative estimate of drug-likeness (QED) is 0.644. The molecule has 0 amide bonds. The van der Waals surface area contributed by atoms with Crippen molar-refractivity contribution in [1.29, 1.82) is 0 Å². The van der Waals surface area contributed by atoms with Crippen LogP contribution in [0.1, 0.15) is 5.69 Å². The molecule has 104 valence electrons. The lowest BCUT2D eigenvalue weighted by Crippen LogP contribution is -1.91. The largest absolute Gasteiger partial charge is 0.252 e. The highest BCUT2D eigenvalue weighted by Gasteiger charge is 2.06. The van der Waals surface area contributed by atoms with E-state index in [4.69, 9.17) is 0 Å². The number of hydrogen-bond donors (Lipinski definition) is 0. The van der Waals surface area contributed by atoms with Gasteiger partial charge in [-0.05, 0) is 55.0 Å². The molecule has 0 saturated heterocycles. The van der Waals surface area contributed by atoms with Gasteiger partial charge in [-0.15, -0.1) is 0 Å². The zero-order chi connectivity index (χ0) is 14.8. The summed E-state index contributed by atoms with van der Waals surface area (Å²) in [5, 5.41) is 0. The highest BCUT2D eigenvalue weighted by Crippen LogP contribution is 2.26. The Morgan fingerprint density at radius 3 is 1.71 bits per heavy atom. The van der Waals surface area contributed by atoms with Gasteiger partial charge in [-0.1, -0.05) is 18.2 Å². The Hall–Kier alpha value is -2.55. The van der Waals surface area contributed by atoms with Gasteiger partial charge >= 0.3 is 0 Å².